The molecule has 1 saturated heterocycles. The minimum absolute atomic E-state index is 0.0149. The van der Waals surface area contributed by atoms with Crippen LogP contribution < -0.4 is 15.0 Å². The molecule has 2 aromatic carbocycles. The van der Waals surface area contributed by atoms with E-state index in [4.69, 9.17) is 4.74 Å². The molecule has 0 saturated carbocycles. The third kappa shape index (κ3) is 7.83. The first-order valence-corrected chi connectivity index (χ1v) is 13.3. The average molecular weight is 518 g/mol. The summed E-state index contributed by atoms with van der Waals surface area (Å²) < 4.78 is 5.94. The molecule has 0 atom stereocenters. The predicted octanol–water partition coefficient (Wildman–Crippen LogP) is 5.37. The molecular weight excluding hydrogens is 478 g/mol. The number of unbranched alkanes of at least 4 members (excludes halogenated alkanes) is 1. The molecule has 202 valence electrons. The topological polar surface area (TPSA) is 82.1 Å². The van der Waals surface area contributed by atoms with Crippen molar-refractivity contribution in [2.75, 3.05) is 44.2 Å². The number of allylic oxidation sites excluding steroid dienone is 3. The molecule has 1 aliphatic heterocycles. The van der Waals surface area contributed by atoms with Crippen molar-refractivity contribution in [3.8, 4) is 5.75 Å². The maximum absolute atomic E-state index is 13.4. The molecule has 1 amide bonds. The summed E-state index contributed by atoms with van der Waals surface area (Å²) in [5, 5.41) is 12.5. The number of likely N-dealkylation sites (N-methyl/N-ethyl adjacent to an activating group) is 1. The number of nitrogens with zero attached hydrogens (tertiary/aromatic N) is 2. The second-order valence-electron chi connectivity index (χ2n) is 9.34. The van der Waals surface area contributed by atoms with Gasteiger partial charge in [0.2, 0.25) is 0 Å². The molecule has 0 unspecified atom stereocenters. The lowest BCUT2D eigenvalue weighted by Crippen LogP contribution is -2.46. The van der Waals surface area contributed by atoms with Crippen LogP contribution in [-0.2, 0) is 4.79 Å². The fraction of sp³-hybridized carbons (Fsp3) is 0.355. The lowest BCUT2D eigenvalue weighted by Gasteiger charge is -2.35. The van der Waals surface area contributed by atoms with Gasteiger partial charge in [-0.2, -0.15) is 0 Å². The van der Waals surface area contributed by atoms with E-state index in [-0.39, 0.29) is 11.3 Å². The van der Waals surface area contributed by atoms with Crippen molar-refractivity contribution < 1.29 is 19.4 Å². The van der Waals surface area contributed by atoms with E-state index < -0.39 is 11.9 Å². The number of aliphatic carboxylic acids is 1. The van der Waals surface area contributed by atoms with Gasteiger partial charge in [-0.15, -0.1) is 0 Å². The molecule has 1 heterocycles. The number of carbonyl (C=O) groups is 2. The Morgan fingerprint density at radius 3 is 2.39 bits per heavy atom. The van der Waals surface area contributed by atoms with Gasteiger partial charge in [0.05, 0.1) is 17.7 Å². The molecule has 2 aromatic rings. The SMILES string of the molecule is C=C(NC(=O)c1cc(N2CCN(CC)CC2)ccc1OCCCC)/C(=C\C=C(/C)c1ccccc1)C(=O)O. The molecule has 0 spiro atoms. The molecule has 0 aromatic heterocycles. The van der Waals surface area contributed by atoms with Crippen molar-refractivity contribution in [1.82, 2.24) is 10.2 Å². The van der Waals surface area contributed by atoms with Crippen molar-refractivity contribution in [3.05, 3.63) is 89.7 Å². The highest BCUT2D eigenvalue weighted by molar-refractivity contribution is 6.01. The number of hydrogen-bond donors (Lipinski definition) is 2. The molecule has 1 fully saturated rings. The van der Waals surface area contributed by atoms with Gasteiger partial charge in [0.15, 0.2) is 0 Å². The van der Waals surface area contributed by atoms with Crippen molar-refractivity contribution in [3.63, 3.8) is 0 Å². The van der Waals surface area contributed by atoms with Gasteiger partial charge in [0, 0.05) is 37.6 Å². The molecule has 7 nitrogen and oxygen atoms in total. The molecular formula is C31H39N3O4. The first kappa shape index (κ1) is 28.7. The number of ether oxygens (including phenoxy) is 1. The van der Waals surface area contributed by atoms with Gasteiger partial charge >= 0.3 is 5.97 Å². The molecule has 0 bridgehead atoms. The zero-order chi connectivity index (χ0) is 27.5. The number of rotatable bonds is 12. The zero-order valence-corrected chi connectivity index (χ0v) is 22.7. The summed E-state index contributed by atoms with van der Waals surface area (Å²) in [6.07, 6.45) is 5.02. The Morgan fingerprint density at radius 2 is 1.76 bits per heavy atom. The van der Waals surface area contributed by atoms with E-state index in [1.165, 1.54) is 6.08 Å². The minimum Gasteiger partial charge on any atom is -0.493 e. The summed E-state index contributed by atoms with van der Waals surface area (Å²) in [4.78, 5) is 30.1. The quantitative estimate of drug-likeness (QED) is 0.224. The van der Waals surface area contributed by atoms with E-state index in [9.17, 15) is 14.7 Å². The summed E-state index contributed by atoms with van der Waals surface area (Å²) in [6, 6.07) is 15.3. The summed E-state index contributed by atoms with van der Waals surface area (Å²) in [6.45, 7) is 15.2. The molecule has 2 N–H and O–H groups in total. The Kier molecular flexibility index (Phi) is 10.7. The van der Waals surface area contributed by atoms with Gasteiger partial charge in [-0.25, -0.2) is 4.79 Å². The van der Waals surface area contributed by atoms with Gasteiger partial charge in [-0.3, -0.25) is 4.79 Å². The lowest BCUT2D eigenvalue weighted by atomic mass is 10.1. The molecule has 1 aliphatic rings. The number of hydrogen-bond acceptors (Lipinski definition) is 5. The summed E-state index contributed by atoms with van der Waals surface area (Å²) in [5.74, 6) is -1.15. The van der Waals surface area contributed by atoms with Crippen molar-refractivity contribution in [2.45, 2.75) is 33.6 Å². The van der Waals surface area contributed by atoms with Crippen LogP contribution in [0.4, 0.5) is 5.69 Å². The Bertz CT molecular complexity index is 1180. The van der Waals surface area contributed by atoms with E-state index in [1.807, 2.05) is 55.5 Å². The molecule has 0 radical (unpaired) electrons. The fourth-order valence-corrected chi connectivity index (χ4v) is 4.25. The number of nitrogens with one attached hydrogen (secondary N) is 1. The van der Waals surface area contributed by atoms with E-state index in [0.29, 0.717) is 17.9 Å². The highest BCUT2D eigenvalue weighted by atomic mass is 16.5. The Morgan fingerprint density at radius 1 is 1.05 bits per heavy atom. The third-order valence-electron chi connectivity index (χ3n) is 6.70. The van der Waals surface area contributed by atoms with Gasteiger partial charge in [-0.1, -0.05) is 63.3 Å². The van der Waals surface area contributed by atoms with Gasteiger partial charge in [0.25, 0.3) is 5.91 Å². The van der Waals surface area contributed by atoms with Crippen molar-refractivity contribution >= 4 is 23.1 Å². The maximum atomic E-state index is 13.4. The summed E-state index contributed by atoms with van der Waals surface area (Å²) >= 11 is 0. The Hall–Kier alpha value is -3.84. The van der Waals surface area contributed by atoms with Crippen LogP contribution in [0.3, 0.4) is 0 Å². The lowest BCUT2D eigenvalue weighted by molar-refractivity contribution is -0.132. The highest BCUT2D eigenvalue weighted by Crippen LogP contribution is 2.27. The number of amides is 1. The van der Waals surface area contributed by atoms with E-state index in [1.54, 1.807) is 6.08 Å². The van der Waals surface area contributed by atoms with E-state index in [2.05, 4.69) is 35.5 Å². The van der Waals surface area contributed by atoms with E-state index >= 15 is 0 Å². The maximum Gasteiger partial charge on any atom is 0.337 e. The fourth-order valence-electron chi connectivity index (χ4n) is 4.25. The number of benzene rings is 2. The van der Waals surface area contributed by atoms with Gasteiger partial charge in [-0.05, 0) is 55.3 Å². The third-order valence-corrected chi connectivity index (χ3v) is 6.70. The van der Waals surface area contributed by atoms with Crippen LogP contribution in [0.5, 0.6) is 5.75 Å². The monoisotopic (exact) mass is 517 g/mol. The first-order chi connectivity index (χ1) is 18.3. The normalized spacial score (nSPS) is 14.8. The molecule has 3 rings (SSSR count). The molecule has 0 aliphatic carbocycles. The molecule has 7 heteroatoms. The highest BCUT2D eigenvalue weighted by Gasteiger charge is 2.21. The van der Waals surface area contributed by atoms with Crippen LogP contribution in [-0.4, -0.2) is 61.2 Å². The summed E-state index contributed by atoms with van der Waals surface area (Å²) in [7, 11) is 0. The van der Waals surface area contributed by atoms with Crippen LogP contribution in [0.25, 0.3) is 5.57 Å². The second kappa shape index (κ2) is 14.2. The smallest absolute Gasteiger partial charge is 0.337 e. The van der Waals surface area contributed by atoms with Crippen LogP contribution in [0.15, 0.2) is 78.5 Å². The largest absolute Gasteiger partial charge is 0.493 e. The standard InChI is InChI=1S/C31H39N3O4/c1-5-7-21-38-29-16-14-26(34-19-17-33(6-2)18-20-34)22-28(29)30(35)32-24(4)27(31(36)37)15-13-23(3)25-11-9-8-10-12-25/h8-16,22H,4-7,17-21H2,1-3H3,(H,32,35)(H,36,37)/b23-13+,27-15+. The van der Waals surface area contributed by atoms with Crippen molar-refractivity contribution in [2.24, 2.45) is 0 Å². The van der Waals surface area contributed by atoms with Crippen molar-refractivity contribution in [1.29, 1.82) is 0 Å². The number of carbonyl (C=O) groups excluding carboxylic acids is 1. The number of carboxylic acids is 1. The van der Waals surface area contributed by atoms with Gasteiger partial charge < -0.3 is 25.0 Å². The van der Waals surface area contributed by atoms with Crippen LogP contribution in [0.2, 0.25) is 0 Å². The Balaban J connectivity index is 1.83. The molecule has 38 heavy (non-hydrogen) atoms. The van der Waals surface area contributed by atoms with E-state index in [0.717, 1.165) is 62.4 Å². The minimum atomic E-state index is -1.17. The zero-order valence-electron chi connectivity index (χ0n) is 22.7. The number of piperazine rings is 1. The Labute approximate surface area is 226 Å². The second-order valence-corrected chi connectivity index (χ2v) is 9.34. The van der Waals surface area contributed by atoms with Crippen LogP contribution in [0.1, 0.15) is 49.5 Å². The number of carboxylic acid groups (broad SMARTS) is 1. The summed E-state index contributed by atoms with van der Waals surface area (Å²) in [5.41, 5.74) is 3.10. The predicted molar refractivity (Wildman–Crippen MR) is 154 cm³/mol. The first-order valence-electron chi connectivity index (χ1n) is 13.3. The average Bonchev–Trinajstić information content (AvgIpc) is 2.93. The number of anilines is 1. The van der Waals surface area contributed by atoms with Gasteiger partial charge in [0.1, 0.15) is 5.75 Å². The van der Waals surface area contributed by atoms with Crippen LogP contribution >= 0.6 is 0 Å². The van der Waals surface area contributed by atoms with Crippen LogP contribution in [0, 0.1) is 0 Å².